The summed E-state index contributed by atoms with van der Waals surface area (Å²) in [5.74, 6) is 0.868. The van der Waals surface area contributed by atoms with E-state index in [1.165, 1.54) is 5.56 Å². The fourth-order valence-corrected chi connectivity index (χ4v) is 3.32. The Morgan fingerprint density at radius 1 is 1.17 bits per heavy atom. The van der Waals surface area contributed by atoms with Crippen molar-refractivity contribution in [2.75, 3.05) is 0 Å². The van der Waals surface area contributed by atoms with E-state index >= 15 is 0 Å². The number of hydrogen-bond acceptors (Lipinski definition) is 3. The van der Waals surface area contributed by atoms with E-state index < -0.39 is 0 Å². The van der Waals surface area contributed by atoms with Crippen molar-refractivity contribution in [3.63, 3.8) is 0 Å². The summed E-state index contributed by atoms with van der Waals surface area (Å²) in [7, 11) is 0. The zero-order valence-electron chi connectivity index (χ0n) is 13.6. The fourth-order valence-electron chi connectivity index (χ4n) is 3.32. The van der Waals surface area contributed by atoms with Gasteiger partial charge in [-0.2, -0.15) is 0 Å². The topological polar surface area (TPSA) is 43.3 Å². The molecule has 0 N–H and O–H groups in total. The maximum absolute atomic E-state index is 11.7. The van der Waals surface area contributed by atoms with Crippen LogP contribution in [0, 0.1) is 13.8 Å². The van der Waals surface area contributed by atoms with Gasteiger partial charge in [0, 0.05) is 35.6 Å². The van der Waals surface area contributed by atoms with Crippen molar-refractivity contribution < 1.29 is 37.7 Å². The van der Waals surface area contributed by atoms with Crippen molar-refractivity contribution in [1.29, 1.82) is 0 Å². The highest BCUT2D eigenvalue weighted by atomic mass is 127. The van der Waals surface area contributed by atoms with Gasteiger partial charge in [-0.3, -0.25) is 0 Å². The van der Waals surface area contributed by atoms with Crippen LogP contribution < -0.4 is 38.9 Å². The molecule has 0 spiro atoms. The summed E-state index contributed by atoms with van der Waals surface area (Å²) in [6, 6.07) is 9.68. The molecule has 0 saturated heterocycles. The molecule has 5 heteroatoms. The van der Waals surface area contributed by atoms with Crippen LogP contribution in [0.1, 0.15) is 16.7 Å². The summed E-state index contributed by atoms with van der Waals surface area (Å²) in [6.07, 6.45) is 5.05. The van der Waals surface area contributed by atoms with Gasteiger partial charge in [-0.05, 0) is 31.0 Å². The van der Waals surface area contributed by atoms with Crippen LogP contribution in [0.25, 0.3) is 11.0 Å². The van der Waals surface area contributed by atoms with Gasteiger partial charge in [-0.15, -0.1) is 0 Å². The lowest BCUT2D eigenvalue weighted by Gasteiger charge is -2.10. The van der Waals surface area contributed by atoms with Gasteiger partial charge in [0.1, 0.15) is 11.3 Å². The first-order valence-corrected chi connectivity index (χ1v) is 7.79. The number of nitrogens with zero attached hydrogens (tertiary/aromatic N) is 1. The molecule has 0 aliphatic carbocycles. The molecule has 3 heterocycles. The molecule has 4 rings (SSSR count). The van der Waals surface area contributed by atoms with Gasteiger partial charge in [0.05, 0.1) is 0 Å². The number of aryl methyl sites for hydroxylation is 2. The second kappa shape index (κ2) is 6.55. The molecule has 2 aromatic heterocycles. The Morgan fingerprint density at radius 2 is 1.92 bits per heavy atom. The Labute approximate surface area is 157 Å². The Hall–Kier alpha value is -1.89. The maximum atomic E-state index is 11.7. The molecule has 1 unspecified atom stereocenters. The minimum absolute atomic E-state index is 0. The zero-order valence-corrected chi connectivity index (χ0v) is 15.7. The molecule has 3 aromatic rings. The third-order valence-electron chi connectivity index (χ3n) is 4.42. The number of aromatic nitrogens is 1. The number of fused-ring (bicyclic) bond motifs is 2. The number of pyridine rings is 1. The second-order valence-electron chi connectivity index (χ2n) is 6.13. The van der Waals surface area contributed by atoms with Gasteiger partial charge in [0.25, 0.3) is 0 Å². The summed E-state index contributed by atoms with van der Waals surface area (Å²) in [5, 5.41) is 0.998. The Morgan fingerprint density at radius 3 is 2.67 bits per heavy atom. The molecule has 1 aliphatic heterocycles. The average Bonchev–Trinajstić information content (AvgIpc) is 2.93. The molecule has 1 aromatic carbocycles. The van der Waals surface area contributed by atoms with Gasteiger partial charge in [-0.1, -0.05) is 6.07 Å². The highest BCUT2D eigenvalue weighted by Gasteiger charge is 2.29. The standard InChI is InChI=1S/C19H18NO3.HI/c1-12-8-17(21)23-19-13(2)18-14(10-16(12)19)9-15(22-18)11-20-6-4-3-5-7-20;/h3-8,10,15H,9,11H2,1-2H3;1H/q+1;/p-1. The highest BCUT2D eigenvalue weighted by Crippen LogP contribution is 2.37. The first-order valence-electron chi connectivity index (χ1n) is 7.79. The number of rotatable bonds is 2. The first kappa shape index (κ1) is 17.0. The van der Waals surface area contributed by atoms with Gasteiger partial charge < -0.3 is 33.1 Å². The minimum atomic E-state index is -0.313. The van der Waals surface area contributed by atoms with E-state index in [2.05, 4.69) is 10.6 Å². The number of halogens is 1. The van der Waals surface area contributed by atoms with E-state index in [1.807, 2.05) is 44.4 Å². The molecule has 4 nitrogen and oxygen atoms in total. The molecule has 0 fully saturated rings. The molecule has 0 bridgehead atoms. The SMILES string of the molecule is Cc1cc(=O)oc2c(C)c3c(cc12)CC(C[n+]1ccccc1)O3.[I-]. The molecule has 0 saturated carbocycles. The van der Waals surface area contributed by atoms with Crippen LogP contribution in [-0.4, -0.2) is 6.10 Å². The molecule has 124 valence electrons. The highest BCUT2D eigenvalue weighted by molar-refractivity contribution is 5.86. The summed E-state index contributed by atoms with van der Waals surface area (Å²) in [4.78, 5) is 11.7. The number of hydrogen-bond donors (Lipinski definition) is 0. The molecule has 1 aliphatic rings. The lowest BCUT2D eigenvalue weighted by Crippen LogP contribution is -3.00. The van der Waals surface area contributed by atoms with E-state index in [1.54, 1.807) is 6.07 Å². The molecule has 1 atom stereocenters. The lowest BCUT2D eigenvalue weighted by atomic mass is 10.0. The van der Waals surface area contributed by atoms with Crippen LogP contribution >= 0.6 is 0 Å². The molecule has 0 amide bonds. The van der Waals surface area contributed by atoms with E-state index in [0.29, 0.717) is 5.58 Å². The van der Waals surface area contributed by atoms with Crippen molar-refractivity contribution in [2.45, 2.75) is 32.9 Å². The van der Waals surface area contributed by atoms with E-state index in [9.17, 15) is 4.79 Å². The maximum Gasteiger partial charge on any atom is 0.336 e. The van der Waals surface area contributed by atoms with E-state index in [0.717, 1.165) is 35.2 Å². The van der Waals surface area contributed by atoms with Crippen molar-refractivity contribution in [3.8, 4) is 5.75 Å². The summed E-state index contributed by atoms with van der Waals surface area (Å²) in [6.45, 7) is 4.70. The first-order chi connectivity index (χ1) is 11.1. The van der Waals surface area contributed by atoms with E-state index in [-0.39, 0.29) is 35.7 Å². The molecular formula is C19H18INO3. The Kier molecular flexibility index (Phi) is 4.62. The summed E-state index contributed by atoms with van der Waals surface area (Å²) < 4.78 is 13.7. The van der Waals surface area contributed by atoms with Crippen LogP contribution in [0.3, 0.4) is 0 Å². The smallest absolute Gasteiger partial charge is 0.336 e. The molecule has 0 radical (unpaired) electrons. The summed E-state index contributed by atoms with van der Waals surface area (Å²) >= 11 is 0. The third-order valence-corrected chi connectivity index (χ3v) is 4.42. The largest absolute Gasteiger partial charge is 1.00 e. The van der Waals surface area contributed by atoms with Crippen LogP contribution in [0.4, 0.5) is 0 Å². The van der Waals surface area contributed by atoms with Crippen molar-refractivity contribution in [3.05, 3.63) is 69.8 Å². The summed E-state index contributed by atoms with van der Waals surface area (Å²) in [5.41, 5.74) is 3.38. The lowest BCUT2D eigenvalue weighted by molar-refractivity contribution is -0.702. The predicted octanol–water partition coefficient (Wildman–Crippen LogP) is -0.295. The minimum Gasteiger partial charge on any atom is -1.00 e. The van der Waals surface area contributed by atoms with Crippen LogP contribution in [0.15, 0.2) is 51.9 Å². The van der Waals surface area contributed by atoms with Crippen LogP contribution in [0.2, 0.25) is 0 Å². The Bertz CT molecular complexity index is 950. The quantitative estimate of drug-likeness (QED) is 0.316. The van der Waals surface area contributed by atoms with Crippen molar-refractivity contribution in [2.24, 2.45) is 0 Å². The van der Waals surface area contributed by atoms with Gasteiger partial charge >= 0.3 is 5.63 Å². The predicted molar refractivity (Wildman–Crippen MR) is 86.7 cm³/mol. The number of ether oxygens (including phenoxy) is 1. The van der Waals surface area contributed by atoms with Gasteiger partial charge in [0.15, 0.2) is 25.0 Å². The van der Waals surface area contributed by atoms with Crippen LogP contribution in [-0.2, 0) is 13.0 Å². The van der Waals surface area contributed by atoms with Gasteiger partial charge in [0.2, 0.25) is 0 Å². The second-order valence-corrected chi connectivity index (χ2v) is 6.13. The fraction of sp³-hybridized carbons (Fsp3) is 0.263. The van der Waals surface area contributed by atoms with Crippen LogP contribution in [0.5, 0.6) is 5.75 Å². The van der Waals surface area contributed by atoms with Crippen molar-refractivity contribution >= 4 is 11.0 Å². The van der Waals surface area contributed by atoms with E-state index in [4.69, 9.17) is 9.15 Å². The number of benzene rings is 1. The molecule has 24 heavy (non-hydrogen) atoms. The molecular weight excluding hydrogens is 417 g/mol. The third kappa shape index (κ3) is 2.92. The normalized spacial score (nSPS) is 15.7. The van der Waals surface area contributed by atoms with Crippen molar-refractivity contribution in [1.82, 2.24) is 0 Å². The average molecular weight is 435 g/mol. The zero-order chi connectivity index (χ0) is 16.0. The monoisotopic (exact) mass is 435 g/mol. The van der Waals surface area contributed by atoms with Gasteiger partial charge in [-0.25, -0.2) is 9.36 Å². The Balaban J connectivity index is 0.00000169.